The summed E-state index contributed by atoms with van der Waals surface area (Å²) in [6.07, 6.45) is 0.368. The van der Waals surface area contributed by atoms with Crippen LogP contribution in [0, 0.1) is 13.8 Å². The van der Waals surface area contributed by atoms with Crippen molar-refractivity contribution in [2.75, 3.05) is 25.0 Å². The minimum atomic E-state index is -4.13. The fourth-order valence-corrected chi connectivity index (χ4v) is 5.59. The number of nitrogens with zero attached hydrogens (tertiary/aromatic N) is 2. The van der Waals surface area contributed by atoms with Crippen molar-refractivity contribution < 1.29 is 22.7 Å². The maximum absolute atomic E-state index is 13.9. The molecular formula is C29H35N3O5S. The lowest BCUT2D eigenvalue weighted by Crippen LogP contribution is -2.51. The van der Waals surface area contributed by atoms with Gasteiger partial charge < -0.3 is 15.0 Å². The number of methoxy groups -OCH3 is 1. The van der Waals surface area contributed by atoms with E-state index in [0.29, 0.717) is 17.9 Å². The van der Waals surface area contributed by atoms with Gasteiger partial charge in [-0.05, 0) is 67.8 Å². The van der Waals surface area contributed by atoms with E-state index >= 15 is 0 Å². The Hall–Kier alpha value is -3.85. The first-order valence-electron chi connectivity index (χ1n) is 12.4. The molecule has 2 amide bonds. The molecule has 0 fully saturated rings. The lowest BCUT2D eigenvalue weighted by molar-refractivity contribution is -0.140. The van der Waals surface area contributed by atoms with Crippen molar-refractivity contribution in [2.45, 2.75) is 44.7 Å². The molecule has 3 aromatic carbocycles. The fraction of sp³-hybridized carbons (Fsp3) is 0.310. The van der Waals surface area contributed by atoms with Crippen LogP contribution in [0.15, 0.2) is 77.7 Å². The second-order valence-electron chi connectivity index (χ2n) is 9.01. The topological polar surface area (TPSA) is 96.0 Å². The van der Waals surface area contributed by atoms with Crippen LogP contribution in [0.3, 0.4) is 0 Å². The number of aryl methyl sites for hydroxylation is 2. The molecule has 0 aliphatic rings. The molecule has 0 heterocycles. The molecule has 202 valence electrons. The van der Waals surface area contributed by atoms with Gasteiger partial charge in [-0.2, -0.15) is 0 Å². The molecule has 0 aliphatic heterocycles. The van der Waals surface area contributed by atoms with E-state index in [1.165, 1.54) is 31.2 Å². The highest BCUT2D eigenvalue weighted by atomic mass is 32.2. The van der Waals surface area contributed by atoms with Crippen molar-refractivity contribution in [1.29, 1.82) is 0 Å². The normalized spacial score (nSPS) is 11.9. The van der Waals surface area contributed by atoms with E-state index in [0.717, 1.165) is 21.0 Å². The Kier molecular flexibility index (Phi) is 9.52. The highest BCUT2D eigenvalue weighted by molar-refractivity contribution is 7.92. The van der Waals surface area contributed by atoms with Gasteiger partial charge in [-0.1, -0.05) is 48.9 Å². The summed E-state index contributed by atoms with van der Waals surface area (Å²) < 4.78 is 34.0. The molecule has 0 aliphatic carbocycles. The molecule has 0 bridgehead atoms. The number of sulfonamides is 1. The molecule has 9 heteroatoms. The Labute approximate surface area is 225 Å². The van der Waals surface area contributed by atoms with E-state index in [-0.39, 0.29) is 17.3 Å². The van der Waals surface area contributed by atoms with Crippen molar-refractivity contribution in [3.05, 3.63) is 89.5 Å². The third kappa shape index (κ3) is 6.52. The van der Waals surface area contributed by atoms with E-state index in [2.05, 4.69) is 5.32 Å². The summed E-state index contributed by atoms with van der Waals surface area (Å²) in [4.78, 5) is 28.2. The van der Waals surface area contributed by atoms with Crippen LogP contribution in [-0.4, -0.2) is 51.9 Å². The summed E-state index contributed by atoms with van der Waals surface area (Å²) in [6, 6.07) is 19.8. The number of rotatable bonds is 11. The predicted octanol–water partition coefficient (Wildman–Crippen LogP) is 4.06. The van der Waals surface area contributed by atoms with Gasteiger partial charge >= 0.3 is 0 Å². The zero-order valence-corrected chi connectivity index (χ0v) is 23.3. The zero-order valence-electron chi connectivity index (χ0n) is 22.5. The van der Waals surface area contributed by atoms with Crippen LogP contribution in [0.4, 0.5) is 5.69 Å². The summed E-state index contributed by atoms with van der Waals surface area (Å²) in [5.41, 5.74) is 3.15. The van der Waals surface area contributed by atoms with E-state index in [4.69, 9.17) is 4.74 Å². The minimum absolute atomic E-state index is 0.0236. The Balaban J connectivity index is 2.06. The van der Waals surface area contributed by atoms with Crippen molar-refractivity contribution in [2.24, 2.45) is 0 Å². The van der Waals surface area contributed by atoms with Crippen molar-refractivity contribution >= 4 is 27.5 Å². The quantitative estimate of drug-likeness (QED) is 0.398. The smallest absolute Gasteiger partial charge is 0.264 e. The van der Waals surface area contributed by atoms with Crippen molar-refractivity contribution in [1.82, 2.24) is 10.2 Å². The molecule has 1 atom stereocenters. The molecule has 0 unspecified atom stereocenters. The van der Waals surface area contributed by atoms with Gasteiger partial charge in [0.2, 0.25) is 11.8 Å². The predicted molar refractivity (Wildman–Crippen MR) is 149 cm³/mol. The first-order valence-corrected chi connectivity index (χ1v) is 13.8. The molecule has 0 saturated heterocycles. The largest absolute Gasteiger partial charge is 0.497 e. The first-order chi connectivity index (χ1) is 18.1. The summed E-state index contributed by atoms with van der Waals surface area (Å²) >= 11 is 0. The molecule has 0 saturated carbocycles. The Morgan fingerprint density at radius 3 is 2.13 bits per heavy atom. The second kappa shape index (κ2) is 12.6. The maximum atomic E-state index is 13.9. The van der Waals surface area contributed by atoms with Gasteiger partial charge in [0.25, 0.3) is 10.0 Å². The van der Waals surface area contributed by atoms with Gasteiger partial charge in [0.1, 0.15) is 18.3 Å². The fourth-order valence-electron chi connectivity index (χ4n) is 4.17. The monoisotopic (exact) mass is 537 g/mol. The molecule has 3 aromatic rings. The number of amides is 2. The maximum Gasteiger partial charge on any atom is 0.264 e. The van der Waals surface area contributed by atoms with Gasteiger partial charge in [-0.15, -0.1) is 0 Å². The van der Waals surface area contributed by atoms with Crippen LogP contribution < -0.4 is 14.4 Å². The van der Waals surface area contributed by atoms with E-state index in [1.807, 2.05) is 45.0 Å². The number of hydrogen-bond acceptors (Lipinski definition) is 5. The number of carbonyl (C=O) groups excluding carboxylic acids is 2. The average Bonchev–Trinajstić information content (AvgIpc) is 2.92. The lowest BCUT2D eigenvalue weighted by Gasteiger charge is -2.33. The van der Waals surface area contributed by atoms with Crippen LogP contribution in [0.2, 0.25) is 0 Å². The average molecular weight is 538 g/mol. The molecule has 0 spiro atoms. The molecule has 8 nitrogen and oxygen atoms in total. The third-order valence-corrected chi connectivity index (χ3v) is 8.27. The van der Waals surface area contributed by atoms with Crippen LogP contribution in [0.25, 0.3) is 0 Å². The number of anilines is 1. The standard InChI is InChI=1S/C29H35N3O5S/c1-6-27(29(34)30-4)31(19-23-10-8-7-9-22(23)3)28(33)20-32(24-13-11-21(2)12-14-24)38(35,36)26-17-15-25(37-5)16-18-26/h7-18,27H,6,19-20H2,1-5H3,(H,30,34)/t27-/m1/s1. The third-order valence-electron chi connectivity index (χ3n) is 6.48. The summed E-state index contributed by atoms with van der Waals surface area (Å²) in [5, 5.41) is 2.63. The first kappa shape index (κ1) is 28.7. The van der Waals surface area contributed by atoms with Crippen LogP contribution in [0.5, 0.6) is 5.75 Å². The number of nitrogens with one attached hydrogen (secondary N) is 1. The molecular weight excluding hydrogens is 502 g/mol. The van der Waals surface area contributed by atoms with Crippen LogP contribution >= 0.6 is 0 Å². The number of hydrogen-bond donors (Lipinski definition) is 1. The number of benzene rings is 3. The Bertz CT molecular complexity index is 1360. The summed E-state index contributed by atoms with van der Waals surface area (Å²) in [5.74, 6) is -0.279. The van der Waals surface area contributed by atoms with E-state index in [1.54, 1.807) is 36.4 Å². The molecule has 1 N–H and O–H groups in total. The van der Waals surface area contributed by atoms with Gasteiger partial charge in [-0.3, -0.25) is 13.9 Å². The minimum Gasteiger partial charge on any atom is -0.497 e. The Morgan fingerprint density at radius 1 is 0.947 bits per heavy atom. The highest BCUT2D eigenvalue weighted by Crippen LogP contribution is 2.26. The number of ether oxygens (including phenoxy) is 1. The number of carbonyl (C=O) groups is 2. The van der Waals surface area contributed by atoms with E-state index < -0.39 is 28.5 Å². The highest BCUT2D eigenvalue weighted by Gasteiger charge is 2.33. The number of likely N-dealkylation sites (N-methyl/N-ethyl adjacent to an activating group) is 1. The van der Waals surface area contributed by atoms with Crippen LogP contribution in [0.1, 0.15) is 30.0 Å². The van der Waals surface area contributed by atoms with Gasteiger partial charge in [0.15, 0.2) is 0 Å². The SMILES string of the molecule is CC[C@H](C(=O)NC)N(Cc1ccccc1C)C(=O)CN(c1ccc(C)cc1)S(=O)(=O)c1ccc(OC)cc1. The lowest BCUT2D eigenvalue weighted by atomic mass is 10.1. The van der Waals surface area contributed by atoms with Crippen molar-refractivity contribution in [3.63, 3.8) is 0 Å². The zero-order chi connectivity index (χ0) is 27.9. The van der Waals surface area contributed by atoms with Crippen molar-refractivity contribution in [3.8, 4) is 5.75 Å². The second-order valence-corrected chi connectivity index (χ2v) is 10.9. The molecule has 38 heavy (non-hydrogen) atoms. The van der Waals surface area contributed by atoms with Gasteiger partial charge in [-0.25, -0.2) is 8.42 Å². The summed E-state index contributed by atoms with van der Waals surface area (Å²) in [7, 11) is -1.11. The van der Waals surface area contributed by atoms with Gasteiger partial charge in [0, 0.05) is 13.6 Å². The van der Waals surface area contributed by atoms with Gasteiger partial charge in [0.05, 0.1) is 17.7 Å². The molecule has 3 rings (SSSR count). The van der Waals surface area contributed by atoms with E-state index in [9.17, 15) is 18.0 Å². The Morgan fingerprint density at radius 2 is 1.58 bits per heavy atom. The molecule has 0 radical (unpaired) electrons. The summed E-state index contributed by atoms with van der Waals surface area (Å²) in [6.45, 7) is 5.35. The molecule has 0 aromatic heterocycles. The van der Waals surface area contributed by atoms with Crippen LogP contribution in [-0.2, 0) is 26.2 Å².